The van der Waals surface area contributed by atoms with Gasteiger partial charge in [-0.05, 0) is 32.4 Å². The minimum Gasteiger partial charge on any atom is -0.493 e. The molecule has 0 spiro atoms. The van der Waals surface area contributed by atoms with Crippen LogP contribution in [0.4, 0.5) is 19.1 Å². The summed E-state index contributed by atoms with van der Waals surface area (Å²) in [7, 11) is 0. The Kier molecular flexibility index (Phi) is 5.44. The number of anilines is 1. The van der Waals surface area contributed by atoms with Crippen LogP contribution in [0.25, 0.3) is 0 Å². The molecule has 1 aromatic carbocycles. The molecule has 0 aliphatic carbocycles. The standard InChI is InChI=1S/C19H21F3N4O2/c1-11-12(2)24-18(25-16(11)17(23)27)26-8-7-13(9-26)10-28-15-6-4-3-5-14(15)19(20,21)22/h3-6,13H,7-10H2,1-2H3,(H2,23,27). The van der Waals surface area contributed by atoms with E-state index in [4.69, 9.17) is 10.5 Å². The van der Waals surface area contributed by atoms with Gasteiger partial charge in [0.15, 0.2) is 0 Å². The summed E-state index contributed by atoms with van der Waals surface area (Å²) in [5, 5.41) is 0. The van der Waals surface area contributed by atoms with Gasteiger partial charge in [0.1, 0.15) is 11.4 Å². The summed E-state index contributed by atoms with van der Waals surface area (Å²) in [6, 6.07) is 5.17. The van der Waals surface area contributed by atoms with Crippen molar-refractivity contribution >= 4 is 11.9 Å². The van der Waals surface area contributed by atoms with Crippen LogP contribution >= 0.6 is 0 Å². The van der Waals surface area contributed by atoms with Gasteiger partial charge in [-0.15, -0.1) is 0 Å². The maximum atomic E-state index is 13.1. The Morgan fingerprint density at radius 3 is 2.68 bits per heavy atom. The van der Waals surface area contributed by atoms with Crippen molar-refractivity contribution in [3.05, 3.63) is 46.8 Å². The summed E-state index contributed by atoms with van der Waals surface area (Å²) in [5.41, 5.74) is 6.08. The predicted octanol–water partition coefficient (Wildman–Crippen LogP) is 3.12. The van der Waals surface area contributed by atoms with E-state index < -0.39 is 17.6 Å². The molecular weight excluding hydrogens is 373 g/mol. The molecule has 3 rings (SSSR count). The van der Waals surface area contributed by atoms with Crippen LogP contribution in [0.15, 0.2) is 24.3 Å². The van der Waals surface area contributed by atoms with E-state index in [2.05, 4.69) is 9.97 Å². The molecule has 150 valence electrons. The highest BCUT2D eigenvalue weighted by Crippen LogP contribution is 2.36. The lowest BCUT2D eigenvalue weighted by atomic mass is 10.1. The topological polar surface area (TPSA) is 81.3 Å². The molecule has 0 bridgehead atoms. The summed E-state index contributed by atoms with van der Waals surface area (Å²) in [6.07, 6.45) is -3.74. The van der Waals surface area contributed by atoms with E-state index in [1.165, 1.54) is 18.2 Å². The largest absolute Gasteiger partial charge is 0.493 e. The van der Waals surface area contributed by atoms with Crippen LogP contribution in [0.3, 0.4) is 0 Å². The van der Waals surface area contributed by atoms with Crippen molar-refractivity contribution in [1.82, 2.24) is 9.97 Å². The number of nitrogens with zero attached hydrogens (tertiary/aromatic N) is 3. The summed E-state index contributed by atoms with van der Waals surface area (Å²) in [5.74, 6) is -0.377. The Hall–Kier alpha value is -2.84. The molecule has 1 saturated heterocycles. The number of hydrogen-bond donors (Lipinski definition) is 1. The second-order valence-corrected chi connectivity index (χ2v) is 6.85. The van der Waals surface area contributed by atoms with Gasteiger partial charge in [-0.1, -0.05) is 12.1 Å². The molecule has 1 aromatic heterocycles. The Balaban J connectivity index is 1.68. The number of amides is 1. The van der Waals surface area contributed by atoms with Crippen molar-refractivity contribution in [3.8, 4) is 5.75 Å². The highest BCUT2D eigenvalue weighted by Gasteiger charge is 2.34. The molecule has 1 aliphatic rings. The molecule has 1 unspecified atom stereocenters. The van der Waals surface area contributed by atoms with E-state index in [1.54, 1.807) is 13.8 Å². The quantitative estimate of drug-likeness (QED) is 0.843. The second-order valence-electron chi connectivity index (χ2n) is 6.85. The van der Waals surface area contributed by atoms with E-state index >= 15 is 0 Å². The minimum absolute atomic E-state index is 0.0172. The van der Waals surface area contributed by atoms with Crippen molar-refractivity contribution in [2.75, 3.05) is 24.6 Å². The number of aryl methyl sites for hydroxylation is 1. The van der Waals surface area contributed by atoms with Gasteiger partial charge in [-0.3, -0.25) is 4.79 Å². The van der Waals surface area contributed by atoms with Crippen LogP contribution in [-0.2, 0) is 6.18 Å². The summed E-state index contributed by atoms with van der Waals surface area (Å²) < 4.78 is 44.7. The smallest absolute Gasteiger partial charge is 0.419 e. The molecule has 1 atom stereocenters. The number of carbonyl (C=O) groups excluding carboxylic acids is 1. The number of rotatable bonds is 5. The van der Waals surface area contributed by atoms with Gasteiger partial charge in [0.2, 0.25) is 5.95 Å². The number of primary amides is 1. The first-order valence-corrected chi connectivity index (χ1v) is 8.86. The zero-order chi connectivity index (χ0) is 20.5. The number of halogens is 3. The molecule has 2 N–H and O–H groups in total. The van der Waals surface area contributed by atoms with Crippen molar-refractivity contribution < 1.29 is 22.7 Å². The van der Waals surface area contributed by atoms with Gasteiger partial charge in [0.25, 0.3) is 5.91 Å². The first-order chi connectivity index (χ1) is 13.2. The lowest BCUT2D eigenvalue weighted by Crippen LogP contribution is -2.26. The number of nitrogens with two attached hydrogens (primary N) is 1. The molecule has 1 fully saturated rings. The fourth-order valence-electron chi connectivity index (χ4n) is 3.18. The number of para-hydroxylation sites is 1. The van der Waals surface area contributed by atoms with Gasteiger partial charge < -0.3 is 15.4 Å². The monoisotopic (exact) mass is 394 g/mol. The third kappa shape index (κ3) is 4.18. The van der Waals surface area contributed by atoms with Crippen molar-refractivity contribution in [2.45, 2.75) is 26.4 Å². The maximum Gasteiger partial charge on any atom is 0.419 e. The molecule has 28 heavy (non-hydrogen) atoms. The van der Waals surface area contributed by atoms with E-state index in [1.807, 2.05) is 4.90 Å². The maximum absolute atomic E-state index is 13.1. The Labute approximate surface area is 160 Å². The lowest BCUT2D eigenvalue weighted by Gasteiger charge is -2.19. The number of carbonyl (C=O) groups is 1. The highest BCUT2D eigenvalue weighted by molar-refractivity contribution is 5.92. The van der Waals surface area contributed by atoms with Crippen LogP contribution in [0.2, 0.25) is 0 Å². The van der Waals surface area contributed by atoms with Gasteiger partial charge in [-0.2, -0.15) is 13.2 Å². The first-order valence-electron chi connectivity index (χ1n) is 8.86. The normalized spacial score (nSPS) is 17.0. The van der Waals surface area contributed by atoms with E-state index in [0.717, 1.165) is 12.5 Å². The Morgan fingerprint density at radius 2 is 2.00 bits per heavy atom. The third-order valence-corrected chi connectivity index (χ3v) is 4.85. The average Bonchev–Trinajstić information content (AvgIpc) is 3.10. The van der Waals surface area contributed by atoms with Crippen molar-refractivity contribution in [1.29, 1.82) is 0 Å². The SMILES string of the molecule is Cc1nc(N2CCC(COc3ccccc3C(F)(F)F)C2)nc(C(N)=O)c1C. The molecule has 1 aliphatic heterocycles. The van der Waals surface area contributed by atoms with E-state index in [-0.39, 0.29) is 24.0 Å². The average molecular weight is 394 g/mol. The van der Waals surface area contributed by atoms with E-state index in [9.17, 15) is 18.0 Å². The predicted molar refractivity (Wildman–Crippen MR) is 97.3 cm³/mol. The minimum atomic E-state index is -4.46. The molecule has 0 saturated carbocycles. The number of hydrogen-bond acceptors (Lipinski definition) is 5. The van der Waals surface area contributed by atoms with Gasteiger partial charge in [-0.25, -0.2) is 9.97 Å². The zero-order valence-corrected chi connectivity index (χ0v) is 15.6. The molecular formula is C19H21F3N4O2. The van der Waals surface area contributed by atoms with Gasteiger partial charge in [0, 0.05) is 30.3 Å². The Bertz CT molecular complexity index is 886. The molecule has 2 heterocycles. The van der Waals surface area contributed by atoms with Crippen LogP contribution in [0.5, 0.6) is 5.75 Å². The molecule has 2 aromatic rings. The van der Waals surface area contributed by atoms with Crippen LogP contribution in [0, 0.1) is 19.8 Å². The van der Waals surface area contributed by atoms with Gasteiger partial charge in [0.05, 0.1) is 12.2 Å². The van der Waals surface area contributed by atoms with E-state index in [0.29, 0.717) is 30.3 Å². The molecule has 0 radical (unpaired) electrons. The summed E-state index contributed by atoms with van der Waals surface area (Å²) in [6.45, 7) is 4.80. The number of aromatic nitrogens is 2. The number of ether oxygens (including phenoxy) is 1. The molecule has 1 amide bonds. The fraction of sp³-hybridized carbons (Fsp3) is 0.421. The zero-order valence-electron chi connectivity index (χ0n) is 15.6. The Morgan fingerprint density at radius 1 is 1.29 bits per heavy atom. The number of benzene rings is 1. The second kappa shape index (κ2) is 7.65. The van der Waals surface area contributed by atoms with Crippen LogP contribution in [-0.4, -0.2) is 35.6 Å². The first kappa shape index (κ1) is 19.9. The molecule has 6 nitrogen and oxygen atoms in total. The van der Waals surface area contributed by atoms with Crippen molar-refractivity contribution in [3.63, 3.8) is 0 Å². The van der Waals surface area contributed by atoms with Crippen molar-refractivity contribution in [2.24, 2.45) is 11.7 Å². The third-order valence-electron chi connectivity index (χ3n) is 4.85. The lowest BCUT2D eigenvalue weighted by molar-refractivity contribution is -0.139. The fourth-order valence-corrected chi connectivity index (χ4v) is 3.18. The molecule has 9 heteroatoms. The van der Waals surface area contributed by atoms with Gasteiger partial charge >= 0.3 is 6.18 Å². The highest BCUT2D eigenvalue weighted by atomic mass is 19.4. The number of alkyl halides is 3. The van der Waals surface area contributed by atoms with Crippen LogP contribution in [0.1, 0.15) is 33.7 Å². The summed E-state index contributed by atoms with van der Waals surface area (Å²) in [4.78, 5) is 22.1. The van der Waals surface area contributed by atoms with Crippen LogP contribution < -0.4 is 15.4 Å². The summed E-state index contributed by atoms with van der Waals surface area (Å²) >= 11 is 0.